The van der Waals surface area contributed by atoms with E-state index in [0.717, 1.165) is 0 Å². The first-order valence-corrected chi connectivity index (χ1v) is 3.55. The molecule has 0 bridgehead atoms. The van der Waals surface area contributed by atoms with Crippen LogP contribution in [0.25, 0.3) is 0 Å². The molecule has 0 atom stereocenters. The van der Waals surface area contributed by atoms with Crippen LogP contribution in [0, 0.1) is 0 Å². The Morgan fingerprint density at radius 1 is 1.44 bits per heavy atom. The molecule has 0 amide bonds. The van der Waals surface area contributed by atoms with E-state index in [4.69, 9.17) is 51.5 Å². The molecule has 6 heteroatoms. The molecule has 0 rings (SSSR count). The van der Waals surface area contributed by atoms with Crippen molar-refractivity contribution in [3.63, 3.8) is 0 Å². The van der Waals surface area contributed by atoms with Crippen molar-refractivity contribution < 1.29 is 9.84 Å². The van der Waals surface area contributed by atoms with Gasteiger partial charge in [-0.2, -0.15) is 0 Å². The van der Waals surface area contributed by atoms with E-state index < -0.39 is 16.1 Å². The summed E-state index contributed by atoms with van der Waals surface area (Å²) in [6, 6.07) is 0. The first-order chi connectivity index (χ1) is 3.98. The predicted octanol–water partition coefficient (Wildman–Crippen LogP) is 1.89. The van der Waals surface area contributed by atoms with Gasteiger partial charge in [0.15, 0.2) is 0 Å². The number of aliphatic hydroxyl groups excluding tert-OH is 1. The fraction of sp³-hybridized carbons (Fsp3) is 1.00. The second-order valence-electron chi connectivity index (χ2n) is 1.17. The van der Waals surface area contributed by atoms with Gasteiger partial charge in [-0.25, -0.2) is 0 Å². The minimum atomic E-state index is -1.70. The number of alkyl halides is 4. The van der Waals surface area contributed by atoms with Gasteiger partial charge in [-0.15, -0.1) is 0 Å². The van der Waals surface area contributed by atoms with Crippen LogP contribution in [0.4, 0.5) is 0 Å². The number of ether oxygens (including phenoxy) is 1. The number of hydrogen-bond acceptors (Lipinski definition) is 2. The van der Waals surface area contributed by atoms with Crippen molar-refractivity contribution in [3.05, 3.63) is 0 Å². The predicted molar refractivity (Wildman–Crippen MR) is 38.1 cm³/mol. The highest BCUT2D eigenvalue weighted by atomic mass is 35.5. The van der Waals surface area contributed by atoms with Gasteiger partial charge in [-0.3, -0.25) is 0 Å². The Morgan fingerprint density at radius 2 is 1.89 bits per heavy atom. The average Bonchev–Trinajstić information content (AvgIpc) is 1.63. The lowest BCUT2D eigenvalue weighted by Crippen LogP contribution is -2.24. The molecular formula is C3H4Cl4O2. The molecule has 0 aromatic heterocycles. The lowest BCUT2D eigenvalue weighted by Gasteiger charge is -2.16. The third-order valence-corrected chi connectivity index (χ3v) is 1.04. The average molecular weight is 214 g/mol. The minimum Gasteiger partial charge on any atom is -0.391 e. The van der Waals surface area contributed by atoms with E-state index in [2.05, 4.69) is 4.74 Å². The molecule has 0 aliphatic rings. The van der Waals surface area contributed by atoms with Crippen molar-refractivity contribution >= 4 is 46.4 Å². The normalized spacial score (nSPS) is 12.7. The van der Waals surface area contributed by atoms with Crippen LogP contribution in [-0.4, -0.2) is 21.3 Å². The highest BCUT2D eigenvalue weighted by Crippen LogP contribution is 2.25. The summed E-state index contributed by atoms with van der Waals surface area (Å²) >= 11 is 20.7. The monoisotopic (exact) mass is 212 g/mol. The molecule has 0 fully saturated rings. The molecule has 0 heterocycles. The van der Waals surface area contributed by atoms with Crippen LogP contribution in [0.2, 0.25) is 0 Å². The summed E-state index contributed by atoms with van der Waals surface area (Å²) in [6.45, 7) is -0.563. The Balaban J connectivity index is 3.58. The van der Waals surface area contributed by atoms with Crippen LogP contribution in [0.5, 0.6) is 0 Å². The summed E-state index contributed by atoms with van der Waals surface area (Å²) in [6.07, 6.45) is 0. The molecule has 56 valence electrons. The number of rotatable bonds is 3. The van der Waals surface area contributed by atoms with Gasteiger partial charge in [0.25, 0.3) is 0 Å². The highest BCUT2D eigenvalue weighted by Gasteiger charge is 2.26. The molecule has 0 unspecified atom stereocenters. The maximum atomic E-state index is 8.34. The third kappa shape index (κ3) is 5.52. The first kappa shape index (κ1) is 10.1. The second kappa shape index (κ2) is 4.06. The van der Waals surface area contributed by atoms with Crippen LogP contribution < -0.4 is 0 Å². The molecule has 0 aromatic carbocycles. The largest absolute Gasteiger partial charge is 0.391 e. The fourth-order valence-corrected chi connectivity index (χ4v) is 0.832. The summed E-state index contributed by atoms with van der Waals surface area (Å²) in [4.78, 5) is 0. The number of hydrogen-bond donors (Lipinski definition) is 1. The first-order valence-electron chi connectivity index (χ1n) is 1.92. The lowest BCUT2D eigenvalue weighted by atomic mass is 10.8. The smallest absolute Gasteiger partial charge is 0.243 e. The van der Waals surface area contributed by atoms with Gasteiger partial charge in [-0.05, 0) is 0 Å². The minimum absolute atomic E-state index is 0.563. The maximum absolute atomic E-state index is 8.34. The topological polar surface area (TPSA) is 29.5 Å². The Kier molecular flexibility index (Phi) is 4.55. The van der Waals surface area contributed by atoms with E-state index in [1.807, 2.05) is 0 Å². The maximum Gasteiger partial charge on any atom is 0.243 e. The summed E-state index contributed by atoms with van der Waals surface area (Å²) in [7, 11) is 0. The van der Waals surface area contributed by atoms with Gasteiger partial charge in [0, 0.05) is 0 Å². The van der Waals surface area contributed by atoms with Crippen LogP contribution in [-0.2, 0) is 4.74 Å². The van der Waals surface area contributed by atoms with E-state index in [9.17, 15) is 0 Å². The molecular weight excluding hydrogens is 210 g/mol. The summed E-state index contributed by atoms with van der Waals surface area (Å²) in [5, 5.41) is 7.20. The molecule has 0 saturated heterocycles. The molecule has 0 saturated carbocycles. The van der Waals surface area contributed by atoms with Crippen molar-refractivity contribution in [3.8, 4) is 0 Å². The standard InChI is InChI=1S/C3H4Cl4O2/c4-2(5)9-3(6,7)1-8/h2,8H,1H2. The molecule has 0 aliphatic heterocycles. The molecule has 1 N–H and O–H groups in total. The van der Waals surface area contributed by atoms with Crippen molar-refractivity contribution in [2.24, 2.45) is 0 Å². The Bertz CT molecular complexity index is 83.9. The molecule has 2 nitrogen and oxygen atoms in total. The van der Waals surface area contributed by atoms with Gasteiger partial charge < -0.3 is 9.84 Å². The Morgan fingerprint density at radius 3 is 2.00 bits per heavy atom. The van der Waals surface area contributed by atoms with Gasteiger partial charge in [0.1, 0.15) is 6.61 Å². The van der Waals surface area contributed by atoms with E-state index in [1.165, 1.54) is 0 Å². The molecule has 0 spiro atoms. The van der Waals surface area contributed by atoms with E-state index >= 15 is 0 Å². The van der Waals surface area contributed by atoms with Crippen LogP contribution in [0.15, 0.2) is 0 Å². The second-order valence-corrected chi connectivity index (χ2v) is 3.60. The SMILES string of the molecule is OCC(Cl)(Cl)OC(Cl)Cl. The Labute approximate surface area is 72.6 Å². The van der Waals surface area contributed by atoms with Gasteiger partial charge >= 0.3 is 0 Å². The van der Waals surface area contributed by atoms with Gasteiger partial charge in [-0.1, -0.05) is 46.4 Å². The quantitative estimate of drug-likeness (QED) is 0.726. The fourth-order valence-electron chi connectivity index (χ4n) is 0.168. The van der Waals surface area contributed by atoms with Crippen LogP contribution in [0.1, 0.15) is 0 Å². The molecule has 0 aromatic rings. The molecule has 0 radical (unpaired) electrons. The van der Waals surface area contributed by atoms with E-state index in [1.54, 1.807) is 0 Å². The Hall–Kier alpha value is 1.08. The zero-order chi connectivity index (χ0) is 7.49. The molecule has 9 heavy (non-hydrogen) atoms. The number of aliphatic hydroxyl groups is 1. The van der Waals surface area contributed by atoms with Crippen molar-refractivity contribution in [2.75, 3.05) is 6.61 Å². The van der Waals surface area contributed by atoms with Gasteiger partial charge in [0.2, 0.25) is 9.54 Å². The summed E-state index contributed by atoms with van der Waals surface area (Å²) in [5.41, 5.74) is 0. The van der Waals surface area contributed by atoms with Crippen LogP contribution in [0.3, 0.4) is 0 Å². The zero-order valence-electron chi connectivity index (χ0n) is 4.15. The van der Waals surface area contributed by atoms with Gasteiger partial charge in [0.05, 0.1) is 0 Å². The third-order valence-electron chi connectivity index (χ3n) is 0.446. The number of halogens is 4. The highest BCUT2D eigenvalue weighted by molar-refractivity contribution is 6.48. The van der Waals surface area contributed by atoms with Crippen molar-refractivity contribution in [2.45, 2.75) is 9.54 Å². The van der Waals surface area contributed by atoms with Crippen molar-refractivity contribution in [1.82, 2.24) is 0 Å². The zero-order valence-corrected chi connectivity index (χ0v) is 7.18. The summed E-state index contributed by atoms with van der Waals surface area (Å²) < 4.78 is 2.70. The molecule has 0 aliphatic carbocycles. The summed E-state index contributed by atoms with van der Waals surface area (Å²) in [5.74, 6) is 0. The van der Waals surface area contributed by atoms with Crippen molar-refractivity contribution in [1.29, 1.82) is 0 Å². The van der Waals surface area contributed by atoms with Crippen LogP contribution >= 0.6 is 46.4 Å². The van der Waals surface area contributed by atoms with E-state index in [-0.39, 0.29) is 0 Å². The van der Waals surface area contributed by atoms with E-state index in [0.29, 0.717) is 0 Å². The lowest BCUT2D eigenvalue weighted by molar-refractivity contribution is 0.0471.